The van der Waals surface area contributed by atoms with E-state index in [4.69, 9.17) is 0 Å². The molecule has 0 fully saturated rings. The summed E-state index contributed by atoms with van der Waals surface area (Å²) in [6.07, 6.45) is 0. The van der Waals surface area contributed by atoms with Gasteiger partial charge in [-0.3, -0.25) is 0 Å². The Bertz CT molecular complexity index is 840. The van der Waals surface area contributed by atoms with Crippen LogP contribution in [0.1, 0.15) is 0 Å². The first-order valence-electron chi connectivity index (χ1n) is 7.37. The van der Waals surface area contributed by atoms with Gasteiger partial charge in [0.25, 0.3) is 0 Å². The van der Waals surface area contributed by atoms with Crippen LogP contribution in [0, 0.1) is 0 Å². The number of para-hydroxylation sites is 2. The number of nitrogens with one attached hydrogen (secondary N) is 2. The van der Waals surface area contributed by atoms with Crippen LogP contribution in [-0.4, -0.2) is 6.03 Å². The molecule has 0 aromatic heterocycles. The molecular formula is C19H15BrN2OS. The van der Waals surface area contributed by atoms with Crippen LogP contribution in [0.15, 0.2) is 93.1 Å². The van der Waals surface area contributed by atoms with Crippen molar-refractivity contribution < 1.29 is 4.79 Å². The summed E-state index contributed by atoms with van der Waals surface area (Å²) in [5.41, 5.74) is 1.50. The van der Waals surface area contributed by atoms with Crippen molar-refractivity contribution in [2.24, 2.45) is 0 Å². The zero-order valence-electron chi connectivity index (χ0n) is 12.7. The van der Waals surface area contributed by atoms with Crippen molar-refractivity contribution >= 4 is 45.1 Å². The molecule has 24 heavy (non-hydrogen) atoms. The van der Waals surface area contributed by atoms with Gasteiger partial charge in [-0.2, -0.15) is 0 Å². The van der Waals surface area contributed by atoms with Crippen LogP contribution in [0.25, 0.3) is 0 Å². The Morgan fingerprint density at radius 2 is 1.33 bits per heavy atom. The second-order valence-electron chi connectivity index (χ2n) is 4.97. The number of halogens is 1. The topological polar surface area (TPSA) is 41.1 Å². The molecule has 0 saturated heterocycles. The van der Waals surface area contributed by atoms with Crippen molar-refractivity contribution in [2.45, 2.75) is 9.79 Å². The Morgan fingerprint density at radius 1 is 0.750 bits per heavy atom. The molecule has 0 spiro atoms. The third-order valence-corrected chi connectivity index (χ3v) is 5.00. The first-order chi connectivity index (χ1) is 11.7. The Hall–Kier alpha value is -2.24. The highest BCUT2D eigenvalue weighted by Crippen LogP contribution is 2.33. The minimum Gasteiger partial charge on any atom is -0.307 e. The maximum absolute atomic E-state index is 12.3. The molecule has 3 nitrogen and oxygen atoms in total. The fourth-order valence-electron chi connectivity index (χ4n) is 2.11. The van der Waals surface area contributed by atoms with Crippen LogP contribution >= 0.6 is 27.7 Å². The van der Waals surface area contributed by atoms with Crippen LogP contribution in [0.5, 0.6) is 0 Å². The van der Waals surface area contributed by atoms with Crippen molar-refractivity contribution in [3.05, 3.63) is 83.3 Å². The van der Waals surface area contributed by atoms with Crippen LogP contribution in [-0.2, 0) is 0 Å². The number of anilines is 2. The van der Waals surface area contributed by atoms with Gasteiger partial charge in [0, 0.05) is 14.3 Å². The molecule has 0 atom stereocenters. The number of carbonyl (C=O) groups is 1. The average Bonchev–Trinajstić information content (AvgIpc) is 2.60. The predicted molar refractivity (Wildman–Crippen MR) is 104 cm³/mol. The molecule has 0 radical (unpaired) electrons. The average molecular weight is 399 g/mol. The third-order valence-electron chi connectivity index (χ3n) is 3.23. The number of benzene rings is 3. The molecule has 0 unspecified atom stereocenters. The molecular weight excluding hydrogens is 384 g/mol. The first kappa shape index (κ1) is 16.6. The lowest BCUT2D eigenvalue weighted by Crippen LogP contribution is -2.20. The minimum absolute atomic E-state index is 0.275. The van der Waals surface area contributed by atoms with E-state index in [1.165, 1.54) is 0 Å². The fourth-order valence-corrected chi connectivity index (χ4v) is 3.42. The maximum Gasteiger partial charge on any atom is 0.323 e. The Morgan fingerprint density at radius 3 is 2.08 bits per heavy atom. The number of carbonyl (C=O) groups excluding carboxylic acids is 1. The van der Waals surface area contributed by atoms with Crippen LogP contribution in [0.4, 0.5) is 16.2 Å². The van der Waals surface area contributed by atoms with Crippen molar-refractivity contribution in [1.29, 1.82) is 0 Å². The molecule has 5 heteroatoms. The summed E-state index contributed by atoms with van der Waals surface area (Å²) in [5, 5.41) is 5.76. The van der Waals surface area contributed by atoms with E-state index in [9.17, 15) is 4.79 Å². The zero-order valence-corrected chi connectivity index (χ0v) is 15.1. The van der Waals surface area contributed by atoms with Gasteiger partial charge in [0.15, 0.2) is 0 Å². The van der Waals surface area contributed by atoms with Gasteiger partial charge in [-0.25, -0.2) is 4.79 Å². The van der Waals surface area contributed by atoms with E-state index in [2.05, 4.69) is 26.6 Å². The molecule has 2 amide bonds. The highest BCUT2D eigenvalue weighted by molar-refractivity contribution is 9.10. The highest BCUT2D eigenvalue weighted by Gasteiger charge is 2.09. The van der Waals surface area contributed by atoms with Crippen LogP contribution in [0.3, 0.4) is 0 Å². The van der Waals surface area contributed by atoms with Gasteiger partial charge in [-0.1, -0.05) is 54.2 Å². The van der Waals surface area contributed by atoms with Crippen molar-refractivity contribution in [2.75, 3.05) is 10.6 Å². The van der Waals surface area contributed by atoms with E-state index < -0.39 is 0 Å². The summed E-state index contributed by atoms with van der Waals surface area (Å²) in [6.45, 7) is 0. The lowest BCUT2D eigenvalue weighted by molar-refractivity contribution is 0.262. The van der Waals surface area contributed by atoms with Gasteiger partial charge in [0.05, 0.1) is 11.4 Å². The molecule has 3 aromatic rings. The van der Waals surface area contributed by atoms with E-state index in [0.29, 0.717) is 0 Å². The number of rotatable bonds is 4. The summed E-state index contributed by atoms with van der Waals surface area (Å²) in [4.78, 5) is 14.4. The molecule has 120 valence electrons. The third kappa shape index (κ3) is 4.40. The fraction of sp³-hybridized carbons (Fsp3) is 0. The summed E-state index contributed by atoms with van der Waals surface area (Å²) < 4.78 is 0.840. The number of amides is 2. The van der Waals surface area contributed by atoms with Crippen LogP contribution in [0.2, 0.25) is 0 Å². The van der Waals surface area contributed by atoms with Gasteiger partial charge in [-0.15, -0.1) is 0 Å². The van der Waals surface area contributed by atoms with E-state index in [-0.39, 0.29) is 6.03 Å². The molecule has 0 saturated carbocycles. The van der Waals surface area contributed by atoms with Gasteiger partial charge in [0.1, 0.15) is 0 Å². The monoisotopic (exact) mass is 398 g/mol. The molecule has 0 aliphatic heterocycles. The Labute approximate surface area is 153 Å². The molecule has 3 rings (SSSR count). The lowest BCUT2D eigenvalue weighted by Gasteiger charge is -2.12. The molecule has 0 bridgehead atoms. The van der Waals surface area contributed by atoms with E-state index >= 15 is 0 Å². The minimum atomic E-state index is -0.275. The summed E-state index contributed by atoms with van der Waals surface area (Å²) >= 11 is 5.04. The number of urea groups is 1. The predicted octanol–water partition coefficient (Wildman–Crippen LogP) is 6.24. The Balaban J connectivity index is 1.73. The number of hydrogen-bond donors (Lipinski definition) is 2. The van der Waals surface area contributed by atoms with E-state index in [1.54, 1.807) is 11.8 Å². The lowest BCUT2D eigenvalue weighted by atomic mass is 10.3. The van der Waals surface area contributed by atoms with Crippen molar-refractivity contribution in [3.8, 4) is 0 Å². The van der Waals surface area contributed by atoms with Crippen LogP contribution < -0.4 is 10.6 Å². The molecule has 2 N–H and O–H groups in total. The van der Waals surface area contributed by atoms with E-state index in [1.807, 2.05) is 78.9 Å². The molecule has 0 aliphatic carbocycles. The second kappa shape index (κ2) is 8.04. The number of hydrogen-bond acceptors (Lipinski definition) is 2. The highest BCUT2D eigenvalue weighted by atomic mass is 79.9. The van der Waals surface area contributed by atoms with Gasteiger partial charge < -0.3 is 10.6 Å². The molecule has 0 heterocycles. The van der Waals surface area contributed by atoms with Crippen molar-refractivity contribution in [3.63, 3.8) is 0 Å². The van der Waals surface area contributed by atoms with Gasteiger partial charge >= 0.3 is 6.03 Å². The summed E-state index contributed by atoms with van der Waals surface area (Å²) in [5.74, 6) is 0. The standard InChI is InChI=1S/C19H15BrN2OS/c20-15-10-4-5-11-16(15)21-19(23)22-17-12-6-7-13-18(17)24-14-8-2-1-3-9-14/h1-13H,(H2,21,22,23). The smallest absolute Gasteiger partial charge is 0.307 e. The second-order valence-corrected chi connectivity index (χ2v) is 6.94. The van der Waals surface area contributed by atoms with Crippen molar-refractivity contribution in [1.82, 2.24) is 0 Å². The zero-order chi connectivity index (χ0) is 16.8. The normalized spacial score (nSPS) is 10.2. The quantitative estimate of drug-likeness (QED) is 0.545. The first-order valence-corrected chi connectivity index (χ1v) is 8.98. The summed E-state index contributed by atoms with van der Waals surface area (Å²) in [7, 11) is 0. The Kier molecular flexibility index (Phi) is 5.56. The van der Waals surface area contributed by atoms with Gasteiger partial charge in [0.2, 0.25) is 0 Å². The summed E-state index contributed by atoms with van der Waals surface area (Å²) in [6, 6.07) is 25.0. The molecule has 3 aromatic carbocycles. The van der Waals surface area contributed by atoms with E-state index in [0.717, 1.165) is 25.6 Å². The van der Waals surface area contributed by atoms with Gasteiger partial charge in [-0.05, 0) is 52.3 Å². The largest absolute Gasteiger partial charge is 0.323 e. The molecule has 0 aliphatic rings. The maximum atomic E-state index is 12.3. The SMILES string of the molecule is O=C(Nc1ccccc1Br)Nc1ccccc1Sc1ccccc1.